The minimum absolute atomic E-state index is 0.0667. The predicted molar refractivity (Wildman–Crippen MR) is 82.6 cm³/mol. The van der Waals surface area contributed by atoms with Crippen LogP contribution < -0.4 is 5.32 Å². The number of aryl methyl sites for hydroxylation is 2. The summed E-state index contributed by atoms with van der Waals surface area (Å²) >= 11 is 0. The summed E-state index contributed by atoms with van der Waals surface area (Å²) in [6.07, 6.45) is 0.494. The topological polar surface area (TPSA) is 29.1 Å². The largest absolute Gasteiger partial charge is 0.345 e. The number of rotatable bonds is 4. The van der Waals surface area contributed by atoms with E-state index < -0.39 is 0 Å². The molecule has 0 fully saturated rings. The van der Waals surface area contributed by atoms with Crippen molar-refractivity contribution in [1.29, 1.82) is 0 Å². The van der Waals surface area contributed by atoms with Crippen LogP contribution in [-0.2, 0) is 4.79 Å². The molecular formula is C18H21NO. The van der Waals surface area contributed by atoms with Gasteiger partial charge in [0.2, 0.25) is 5.91 Å². The Bertz CT molecular complexity index is 590. The van der Waals surface area contributed by atoms with E-state index in [9.17, 15) is 4.79 Å². The van der Waals surface area contributed by atoms with E-state index in [0.29, 0.717) is 6.42 Å². The second kappa shape index (κ2) is 6.38. The van der Waals surface area contributed by atoms with E-state index >= 15 is 0 Å². The Morgan fingerprint density at radius 1 is 1.00 bits per heavy atom. The van der Waals surface area contributed by atoms with Gasteiger partial charge in [0.05, 0.1) is 6.04 Å². The lowest BCUT2D eigenvalue weighted by atomic mass is 9.95. The molecule has 2 aromatic rings. The van der Waals surface area contributed by atoms with E-state index in [-0.39, 0.29) is 11.9 Å². The van der Waals surface area contributed by atoms with Crippen LogP contribution in [0, 0.1) is 13.8 Å². The standard InChI is InChI=1S/C18H21NO/c1-4-17(20)19-18(15-8-6-5-7-9-15)16-11-10-13(2)14(3)12-16/h5-12,18H,4H2,1-3H3,(H,19,20)/t18-/m1/s1. The molecule has 0 saturated heterocycles. The number of carbonyl (C=O) groups excluding carboxylic acids is 1. The Labute approximate surface area is 120 Å². The van der Waals surface area contributed by atoms with Crippen molar-refractivity contribution >= 4 is 5.91 Å². The molecule has 0 spiro atoms. The predicted octanol–water partition coefficient (Wildman–Crippen LogP) is 3.92. The molecule has 0 aliphatic rings. The normalized spacial score (nSPS) is 11.9. The van der Waals surface area contributed by atoms with Crippen molar-refractivity contribution in [2.45, 2.75) is 33.2 Å². The van der Waals surface area contributed by atoms with Crippen molar-refractivity contribution in [1.82, 2.24) is 5.32 Å². The third-order valence-electron chi connectivity index (χ3n) is 3.62. The van der Waals surface area contributed by atoms with Crippen LogP contribution in [0.4, 0.5) is 0 Å². The molecule has 2 rings (SSSR count). The molecule has 0 heterocycles. The minimum Gasteiger partial charge on any atom is -0.345 e. The summed E-state index contributed by atoms with van der Waals surface area (Å²) in [5, 5.41) is 3.11. The molecule has 1 atom stereocenters. The lowest BCUT2D eigenvalue weighted by molar-refractivity contribution is -0.121. The van der Waals surface area contributed by atoms with Crippen LogP contribution in [0.5, 0.6) is 0 Å². The second-order valence-corrected chi connectivity index (χ2v) is 5.11. The monoisotopic (exact) mass is 267 g/mol. The molecule has 2 nitrogen and oxygen atoms in total. The molecule has 0 bridgehead atoms. The average Bonchev–Trinajstić information content (AvgIpc) is 2.48. The molecule has 1 N–H and O–H groups in total. The minimum atomic E-state index is -0.0806. The number of hydrogen-bond acceptors (Lipinski definition) is 1. The van der Waals surface area contributed by atoms with Gasteiger partial charge in [-0.1, -0.05) is 55.5 Å². The van der Waals surface area contributed by atoms with E-state index in [4.69, 9.17) is 0 Å². The second-order valence-electron chi connectivity index (χ2n) is 5.11. The third kappa shape index (κ3) is 3.27. The highest BCUT2D eigenvalue weighted by Crippen LogP contribution is 2.24. The van der Waals surface area contributed by atoms with Crippen molar-refractivity contribution in [3.05, 3.63) is 70.8 Å². The molecule has 2 heteroatoms. The maximum Gasteiger partial charge on any atom is 0.220 e. The number of amides is 1. The summed E-state index contributed by atoms with van der Waals surface area (Å²) in [4.78, 5) is 11.8. The maximum absolute atomic E-state index is 11.8. The Kier molecular flexibility index (Phi) is 4.57. The van der Waals surface area contributed by atoms with Crippen LogP contribution in [0.25, 0.3) is 0 Å². The van der Waals surface area contributed by atoms with Crippen LogP contribution in [0.1, 0.15) is 41.6 Å². The van der Waals surface area contributed by atoms with E-state index in [1.165, 1.54) is 11.1 Å². The number of benzene rings is 2. The zero-order chi connectivity index (χ0) is 14.5. The first-order valence-corrected chi connectivity index (χ1v) is 7.03. The molecule has 0 saturated carbocycles. The number of nitrogens with one attached hydrogen (secondary N) is 1. The molecule has 2 aromatic carbocycles. The quantitative estimate of drug-likeness (QED) is 0.893. The summed E-state index contributed by atoms with van der Waals surface area (Å²) in [5.74, 6) is 0.0667. The maximum atomic E-state index is 11.8. The van der Waals surface area contributed by atoms with Crippen molar-refractivity contribution in [3.8, 4) is 0 Å². The molecule has 20 heavy (non-hydrogen) atoms. The summed E-state index contributed by atoms with van der Waals surface area (Å²) in [5.41, 5.74) is 4.75. The SMILES string of the molecule is CCC(=O)N[C@H](c1ccccc1)c1ccc(C)c(C)c1. The molecule has 0 unspecified atom stereocenters. The lowest BCUT2D eigenvalue weighted by Crippen LogP contribution is -2.28. The highest BCUT2D eigenvalue weighted by molar-refractivity contribution is 5.76. The van der Waals surface area contributed by atoms with Gasteiger partial charge in [-0.2, -0.15) is 0 Å². The van der Waals surface area contributed by atoms with E-state index in [1.54, 1.807) is 0 Å². The van der Waals surface area contributed by atoms with E-state index in [2.05, 4.69) is 49.5 Å². The molecular weight excluding hydrogens is 246 g/mol. The van der Waals surface area contributed by atoms with E-state index in [0.717, 1.165) is 11.1 Å². The lowest BCUT2D eigenvalue weighted by Gasteiger charge is -2.20. The van der Waals surface area contributed by atoms with Gasteiger partial charge in [0.25, 0.3) is 0 Å². The smallest absolute Gasteiger partial charge is 0.220 e. The summed E-state index contributed by atoms with van der Waals surface area (Å²) in [6, 6.07) is 16.4. The van der Waals surface area contributed by atoms with Gasteiger partial charge in [-0.05, 0) is 36.1 Å². The molecule has 1 amide bonds. The fraction of sp³-hybridized carbons (Fsp3) is 0.278. The first kappa shape index (κ1) is 14.3. The van der Waals surface area contributed by atoms with Gasteiger partial charge in [0, 0.05) is 6.42 Å². The van der Waals surface area contributed by atoms with E-state index in [1.807, 2.05) is 25.1 Å². The molecule has 0 aliphatic heterocycles. The van der Waals surface area contributed by atoms with Gasteiger partial charge in [0.1, 0.15) is 0 Å². The fourth-order valence-corrected chi connectivity index (χ4v) is 2.21. The molecule has 0 aromatic heterocycles. The number of carbonyl (C=O) groups is 1. The zero-order valence-corrected chi connectivity index (χ0v) is 12.3. The van der Waals surface area contributed by atoms with Gasteiger partial charge in [-0.3, -0.25) is 4.79 Å². The van der Waals surface area contributed by atoms with Crippen LogP contribution in [0.2, 0.25) is 0 Å². The van der Waals surface area contributed by atoms with Gasteiger partial charge >= 0.3 is 0 Å². The summed E-state index contributed by atoms with van der Waals surface area (Å²) in [6.45, 7) is 6.07. The Morgan fingerprint density at radius 2 is 1.70 bits per heavy atom. The average molecular weight is 267 g/mol. The Morgan fingerprint density at radius 3 is 2.30 bits per heavy atom. The van der Waals surface area contributed by atoms with Crippen LogP contribution in [-0.4, -0.2) is 5.91 Å². The molecule has 0 aliphatic carbocycles. The highest BCUT2D eigenvalue weighted by Gasteiger charge is 2.16. The highest BCUT2D eigenvalue weighted by atomic mass is 16.1. The first-order chi connectivity index (χ1) is 9.61. The van der Waals surface area contributed by atoms with Gasteiger partial charge in [-0.25, -0.2) is 0 Å². The van der Waals surface area contributed by atoms with Gasteiger partial charge in [0.15, 0.2) is 0 Å². The molecule has 0 radical (unpaired) electrons. The van der Waals surface area contributed by atoms with Crippen LogP contribution >= 0.6 is 0 Å². The molecule has 104 valence electrons. The van der Waals surface area contributed by atoms with Crippen molar-refractivity contribution in [3.63, 3.8) is 0 Å². The van der Waals surface area contributed by atoms with Crippen LogP contribution in [0.3, 0.4) is 0 Å². The Balaban J connectivity index is 2.40. The number of hydrogen-bond donors (Lipinski definition) is 1. The fourth-order valence-electron chi connectivity index (χ4n) is 2.21. The van der Waals surface area contributed by atoms with Crippen molar-refractivity contribution in [2.24, 2.45) is 0 Å². The van der Waals surface area contributed by atoms with Crippen molar-refractivity contribution in [2.75, 3.05) is 0 Å². The van der Waals surface area contributed by atoms with Crippen LogP contribution in [0.15, 0.2) is 48.5 Å². The summed E-state index contributed by atoms with van der Waals surface area (Å²) in [7, 11) is 0. The van der Waals surface area contributed by atoms with Gasteiger partial charge in [-0.15, -0.1) is 0 Å². The summed E-state index contributed by atoms with van der Waals surface area (Å²) < 4.78 is 0. The first-order valence-electron chi connectivity index (χ1n) is 7.03. The third-order valence-corrected chi connectivity index (χ3v) is 3.62. The Hall–Kier alpha value is -2.09. The van der Waals surface area contributed by atoms with Crippen molar-refractivity contribution < 1.29 is 4.79 Å². The zero-order valence-electron chi connectivity index (χ0n) is 12.3. The van der Waals surface area contributed by atoms with Gasteiger partial charge < -0.3 is 5.32 Å².